The van der Waals surface area contributed by atoms with Gasteiger partial charge in [0, 0.05) is 18.5 Å². The van der Waals surface area contributed by atoms with Crippen LogP contribution in [0.15, 0.2) is 22.6 Å². The summed E-state index contributed by atoms with van der Waals surface area (Å²) in [5.74, 6) is 0.181. The molecule has 0 saturated heterocycles. The van der Waals surface area contributed by atoms with Gasteiger partial charge in [0.1, 0.15) is 0 Å². The Morgan fingerprint density at radius 3 is 3.05 bits per heavy atom. The van der Waals surface area contributed by atoms with Crippen LogP contribution in [0.2, 0.25) is 0 Å². The van der Waals surface area contributed by atoms with E-state index in [9.17, 15) is 15.2 Å². The Balaban J connectivity index is 1.79. The lowest BCUT2D eigenvalue weighted by atomic mass is 10.1. The van der Waals surface area contributed by atoms with Gasteiger partial charge in [-0.2, -0.15) is 4.98 Å². The van der Waals surface area contributed by atoms with Crippen LogP contribution in [-0.2, 0) is 0 Å². The third kappa shape index (κ3) is 2.32. The van der Waals surface area contributed by atoms with Crippen molar-refractivity contribution in [2.24, 2.45) is 5.92 Å². The van der Waals surface area contributed by atoms with Crippen molar-refractivity contribution in [2.75, 3.05) is 11.9 Å². The molecule has 1 aliphatic rings. The van der Waals surface area contributed by atoms with E-state index in [2.05, 4.69) is 10.3 Å². The van der Waals surface area contributed by atoms with Gasteiger partial charge in [-0.05, 0) is 18.9 Å². The summed E-state index contributed by atoms with van der Waals surface area (Å²) in [4.78, 5) is 14.5. The first-order valence-electron chi connectivity index (χ1n) is 6.61. The molecule has 7 heteroatoms. The van der Waals surface area contributed by atoms with Crippen molar-refractivity contribution in [2.45, 2.75) is 25.4 Å². The number of fused-ring (bicyclic) bond motifs is 1. The lowest BCUT2D eigenvalue weighted by molar-refractivity contribution is -0.383. The number of hydrogen-bond donors (Lipinski definition) is 2. The van der Waals surface area contributed by atoms with Crippen molar-refractivity contribution in [3.63, 3.8) is 0 Å². The molecule has 1 aliphatic carbocycles. The molecule has 2 atom stereocenters. The molecule has 7 nitrogen and oxygen atoms in total. The Morgan fingerprint density at radius 2 is 2.35 bits per heavy atom. The van der Waals surface area contributed by atoms with Crippen LogP contribution in [0.25, 0.3) is 11.1 Å². The van der Waals surface area contributed by atoms with Crippen molar-refractivity contribution in [3.8, 4) is 0 Å². The first-order valence-corrected chi connectivity index (χ1v) is 6.61. The molecule has 3 rings (SSSR count). The van der Waals surface area contributed by atoms with Crippen molar-refractivity contribution < 1.29 is 14.4 Å². The van der Waals surface area contributed by atoms with Crippen LogP contribution in [0.1, 0.15) is 19.3 Å². The second-order valence-corrected chi connectivity index (χ2v) is 5.04. The molecule has 0 bridgehead atoms. The summed E-state index contributed by atoms with van der Waals surface area (Å²) in [7, 11) is 0. The average Bonchev–Trinajstić information content (AvgIpc) is 3.01. The molecule has 20 heavy (non-hydrogen) atoms. The van der Waals surface area contributed by atoms with Crippen LogP contribution in [0.4, 0.5) is 11.7 Å². The van der Waals surface area contributed by atoms with Gasteiger partial charge < -0.3 is 14.8 Å². The number of rotatable bonds is 4. The molecular weight excluding hydrogens is 262 g/mol. The van der Waals surface area contributed by atoms with Crippen LogP contribution in [-0.4, -0.2) is 27.7 Å². The van der Waals surface area contributed by atoms with Crippen LogP contribution in [0.5, 0.6) is 0 Å². The lowest BCUT2D eigenvalue weighted by Gasteiger charge is -2.13. The molecule has 1 aromatic heterocycles. The monoisotopic (exact) mass is 277 g/mol. The molecule has 0 spiro atoms. The summed E-state index contributed by atoms with van der Waals surface area (Å²) in [5, 5.41) is 23.7. The smallest absolute Gasteiger partial charge is 0.298 e. The van der Waals surface area contributed by atoms with E-state index in [1.165, 1.54) is 6.07 Å². The largest absolute Gasteiger partial charge is 0.423 e. The number of benzene rings is 1. The molecule has 1 heterocycles. The van der Waals surface area contributed by atoms with Gasteiger partial charge in [0.05, 0.1) is 11.0 Å². The van der Waals surface area contributed by atoms with E-state index in [1.54, 1.807) is 12.1 Å². The van der Waals surface area contributed by atoms with Crippen LogP contribution in [0, 0.1) is 16.0 Å². The van der Waals surface area contributed by atoms with E-state index < -0.39 is 4.92 Å². The third-order valence-electron chi connectivity index (χ3n) is 3.73. The quantitative estimate of drug-likeness (QED) is 0.656. The van der Waals surface area contributed by atoms with E-state index in [0.29, 0.717) is 12.1 Å². The maximum Gasteiger partial charge on any atom is 0.298 e. The summed E-state index contributed by atoms with van der Waals surface area (Å²) in [6, 6.07) is 4.87. The Morgan fingerprint density at radius 1 is 1.50 bits per heavy atom. The second kappa shape index (κ2) is 5.09. The predicted octanol–water partition coefficient (Wildman–Crippen LogP) is 2.31. The van der Waals surface area contributed by atoms with Gasteiger partial charge >= 0.3 is 0 Å². The first-order chi connectivity index (χ1) is 9.65. The maximum absolute atomic E-state index is 10.9. The molecular formula is C13H15N3O4. The van der Waals surface area contributed by atoms with Gasteiger partial charge in [-0.15, -0.1) is 0 Å². The zero-order valence-electron chi connectivity index (χ0n) is 10.8. The van der Waals surface area contributed by atoms with E-state index in [-0.39, 0.29) is 29.2 Å². The topological polar surface area (TPSA) is 101 Å². The van der Waals surface area contributed by atoms with Crippen molar-refractivity contribution >= 4 is 22.8 Å². The number of aromatic nitrogens is 1. The van der Waals surface area contributed by atoms with Gasteiger partial charge in [-0.1, -0.05) is 12.5 Å². The van der Waals surface area contributed by atoms with Gasteiger partial charge in [-0.3, -0.25) is 10.1 Å². The minimum atomic E-state index is -0.477. The number of nitro benzene ring substituents is 1. The average molecular weight is 277 g/mol. The van der Waals surface area contributed by atoms with Crippen molar-refractivity contribution in [1.29, 1.82) is 0 Å². The van der Waals surface area contributed by atoms with Gasteiger partial charge in [0.2, 0.25) is 0 Å². The number of para-hydroxylation sites is 1. The molecule has 1 saturated carbocycles. The molecule has 1 aromatic carbocycles. The summed E-state index contributed by atoms with van der Waals surface area (Å²) in [6.45, 7) is 0.557. The highest BCUT2D eigenvalue weighted by Crippen LogP contribution is 2.29. The fourth-order valence-corrected chi connectivity index (χ4v) is 2.63. The lowest BCUT2D eigenvalue weighted by Crippen LogP contribution is -2.21. The number of nitrogens with zero attached hydrogens (tertiary/aromatic N) is 2. The highest BCUT2D eigenvalue weighted by Gasteiger charge is 2.25. The molecule has 0 aliphatic heterocycles. The Hall–Kier alpha value is -2.15. The number of nitrogens with one attached hydrogen (secondary N) is 1. The number of non-ortho nitro benzene ring substituents is 1. The number of aliphatic hydroxyl groups excluding tert-OH is 1. The fraction of sp³-hybridized carbons (Fsp3) is 0.462. The van der Waals surface area contributed by atoms with Gasteiger partial charge in [0.25, 0.3) is 11.7 Å². The first kappa shape index (κ1) is 12.9. The Labute approximate surface area is 114 Å². The normalized spacial score (nSPS) is 22.2. The SMILES string of the molecule is O=[N+]([O-])c1cccc2oc(NCC3CCCC3O)nc12. The van der Waals surface area contributed by atoms with Crippen LogP contribution >= 0.6 is 0 Å². The minimum Gasteiger partial charge on any atom is -0.423 e. The van der Waals surface area contributed by atoms with E-state index >= 15 is 0 Å². The fourth-order valence-electron chi connectivity index (χ4n) is 2.63. The molecule has 2 aromatic rings. The van der Waals surface area contributed by atoms with Crippen molar-refractivity contribution in [3.05, 3.63) is 28.3 Å². The standard InChI is InChI=1S/C13H15N3O4/c17-10-5-1-3-8(10)7-14-13-15-12-9(16(18)19)4-2-6-11(12)20-13/h2,4,6,8,10,17H,1,3,5,7H2,(H,14,15). The third-order valence-corrected chi connectivity index (χ3v) is 3.73. The molecule has 0 radical (unpaired) electrons. The van der Waals surface area contributed by atoms with Crippen molar-refractivity contribution in [1.82, 2.24) is 4.98 Å². The molecule has 1 fully saturated rings. The highest BCUT2D eigenvalue weighted by molar-refractivity contribution is 5.83. The number of aliphatic hydroxyl groups is 1. The number of oxazole rings is 1. The van der Waals surface area contributed by atoms with Gasteiger partial charge in [0.15, 0.2) is 11.1 Å². The zero-order valence-corrected chi connectivity index (χ0v) is 10.8. The maximum atomic E-state index is 10.9. The summed E-state index contributed by atoms with van der Waals surface area (Å²) >= 11 is 0. The van der Waals surface area contributed by atoms with Crippen LogP contribution < -0.4 is 5.32 Å². The van der Waals surface area contributed by atoms with Crippen LogP contribution in [0.3, 0.4) is 0 Å². The molecule has 2 unspecified atom stereocenters. The Kier molecular flexibility index (Phi) is 3.27. The predicted molar refractivity (Wildman–Crippen MR) is 72.5 cm³/mol. The minimum absolute atomic E-state index is 0.0693. The Bertz CT molecular complexity index is 640. The summed E-state index contributed by atoms with van der Waals surface area (Å²) in [5.41, 5.74) is 0.556. The molecule has 106 valence electrons. The second-order valence-electron chi connectivity index (χ2n) is 5.04. The summed E-state index contributed by atoms with van der Waals surface area (Å²) in [6.07, 6.45) is 2.52. The number of hydrogen-bond acceptors (Lipinski definition) is 6. The van der Waals surface area contributed by atoms with E-state index in [4.69, 9.17) is 4.42 Å². The molecule has 2 N–H and O–H groups in total. The molecule has 0 amide bonds. The number of nitro groups is 1. The number of anilines is 1. The zero-order chi connectivity index (χ0) is 14.1. The summed E-state index contributed by atoms with van der Waals surface area (Å²) < 4.78 is 5.45. The van der Waals surface area contributed by atoms with E-state index in [1.807, 2.05) is 0 Å². The highest BCUT2D eigenvalue weighted by atomic mass is 16.6. The van der Waals surface area contributed by atoms with E-state index in [0.717, 1.165) is 19.3 Å². The van der Waals surface area contributed by atoms with Gasteiger partial charge in [-0.25, -0.2) is 0 Å².